The molecular formula is C28H30N2O6S2. The summed E-state index contributed by atoms with van der Waals surface area (Å²) >= 11 is 2.19. The van der Waals surface area contributed by atoms with Gasteiger partial charge in [0.2, 0.25) is 0 Å². The molecule has 0 fully saturated rings. The predicted octanol–water partition coefficient (Wildman–Crippen LogP) is 6.96. The van der Waals surface area contributed by atoms with E-state index in [0.717, 1.165) is 44.5 Å². The molecular weight excluding hydrogens is 524 g/mol. The zero-order valence-corrected chi connectivity index (χ0v) is 24.3. The van der Waals surface area contributed by atoms with Gasteiger partial charge in [-0.25, -0.2) is 19.4 Å². The fourth-order valence-corrected chi connectivity index (χ4v) is 6.19. The molecule has 200 valence electrons. The Kier molecular flexibility index (Phi) is 7.18. The smallest absolute Gasteiger partial charge is 0.422 e. The highest BCUT2D eigenvalue weighted by Crippen LogP contribution is 2.50. The average Bonchev–Trinajstić information content (AvgIpc) is 2.76. The molecule has 0 N–H and O–H groups in total. The van der Waals surface area contributed by atoms with Crippen LogP contribution in [-0.2, 0) is 19.1 Å². The number of imide groups is 2. The van der Waals surface area contributed by atoms with Crippen LogP contribution in [0.1, 0.15) is 52.7 Å². The molecule has 2 heterocycles. The monoisotopic (exact) mass is 554 g/mol. The van der Waals surface area contributed by atoms with Crippen LogP contribution in [0.15, 0.2) is 56.0 Å². The maximum atomic E-state index is 13.9. The molecule has 0 saturated heterocycles. The lowest BCUT2D eigenvalue weighted by Crippen LogP contribution is -2.46. The Morgan fingerprint density at radius 2 is 1.00 bits per heavy atom. The first kappa shape index (κ1) is 27.8. The molecule has 10 heteroatoms. The van der Waals surface area contributed by atoms with Gasteiger partial charge in [-0.3, -0.25) is 9.59 Å². The van der Waals surface area contributed by atoms with Crippen molar-refractivity contribution in [3.05, 3.63) is 57.3 Å². The van der Waals surface area contributed by atoms with Gasteiger partial charge < -0.3 is 9.47 Å². The molecule has 8 nitrogen and oxygen atoms in total. The van der Waals surface area contributed by atoms with E-state index in [1.54, 1.807) is 65.8 Å². The van der Waals surface area contributed by atoms with Crippen LogP contribution in [0.2, 0.25) is 0 Å². The number of carbonyl (C=O) groups excluding carboxylic acids is 4. The number of aryl methyl sites for hydroxylation is 2. The Balaban J connectivity index is 1.89. The summed E-state index contributed by atoms with van der Waals surface area (Å²) < 4.78 is 11.1. The molecule has 2 aromatic carbocycles. The van der Waals surface area contributed by atoms with Gasteiger partial charge in [-0.1, -0.05) is 35.7 Å². The van der Waals surface area contributed by atoms with Crippen LogP contribution < -0.4 is 9.80 Å². The number of hydrogen-bond acceptors (Lipinski definition) is 8. The Labute approximate surface area is 230 Å². The molecule has 4 rings (SSSR count). The second kappa shape index (κ2) is 9.81. The van der Waals surface area contributed by atoms with Crippen molar-refractivity contribution in [2.24, 2.45) is 0 Å². The molecule has 2 aliphatic heterocycles. The summed E-state index contributed by atoms with van der Waals surface area (Å²) in [7, 11) is 0. The minimum Gasteiger partial charge on any atom is -0.443 e. The normalized spacial score (nSPS) is 17.7. The topological polar surface area (TPSA) is 93.2 Å². The van der Waals surface area contributed by atoms with E-state index in [0.29, 0.717) is 21.2 Å². The van der Waals surface area contributed by atoms with Gasteiger partial charge in [0.05, 0.1) is 21.2 Å². The molecule has 0 bridgehead atoms. The number of amides is 4. The van der Waals surface area contributed by atoms with Crippen LogP contribution in [0.5, 0.6) is 0 Å². The summed E-state index contributed by atoms with van der Waals surface area (Å²) in [6.45, 7) is 14.1. The third-order valence-corrected chi connectivity index (χ3v) is 7.68. The molecule has 0 spiro atoms. The van der Waals surface area contributed by atoms with Crippen molar-refractivity contribution in [3.63, 3.8) is 0 Å². The van der Waals surface area contributed by atoms with Gasteiger partial charge in [-0.15, -0.1) is 0 Å². The molecule has 2 aliphatic rings. The van der Waals surface area contributed by atoms with Crippen molar-refractivity contribution < 1.29 is 28.7 Å². The maximum absolute atomic E-state index is 13.9. The van der Waals surface area contributed by atoms with Crippen LogP contribution in [0.25, 0.3) is 0 Å². The number of hydrogen-bond donors (Lipinski definition) is 0. The van der Waals surface area contributed by atoms with E-state index in [1.807, 2.05) is 26.0 Å². The number of benzene rings is 2. The highest BCUT2D eigenvalue weighted by molar-refractivity contribution is 8.08. The fourth-order valence-electron chi connectivity index (χ4n) is 3.77. The maximum Gasteiger partial charge on any atom is 0.422 e. The van der Waals surface area contributed by atoms with Crippen LogP contribution >= 0.6 is 23.5 Å². The summed E-state index contributed by atoms with van der Waals surface area (Å²) in [6.07, 6.45) is -1.70. The lowest BCUT2D eigenvalue weighted by molar-refractivity contribution is -0.116. The first-order valence-electron chi connectivity index (χ1n) is 12.0. The lowest BCUT2D eigenvalue weighted by atomic mass is 10.2. The lowest BCUT2D eigenvalue weighted by Gasteiger charge is -2.34. The van der Waals surface area contributed by atoms with Gasteiger partial charge in [0.25, 0.3) is 11.8 Å². The summed E-state index contributed by atoms with van der Waals surface area (Å²) in [4.78, 5) is 57.4. The minimum atomic E-state index is -0.848. The van der Waals surface area contributed by atoms with Gasteiger partial charge in [0, 0.05) is 9.79 Å². The highest BCUT2D eigenvalue weighted by atomic mass is 32.2. The number of thioether (sulfide) groups is 2. The zero-order valence-electron chi connectivity index (χ0n) is 22.6. The SMILES string of the molecule is Cc1ccc2c(c1)SC(=C1Sc3cc(C)ccc3N(C(=O)OC(C)(C)C)C1=O)C(=O)N2C(=O)OC(C)(C)C. The molecule has 0 saturated carbocycles. The average molecular weight is 555 g/mol. The molecule has 2 aromatic rings. The molecule has 4 amide bonds. The largest absolute Gasteiger partial charge is 0.443 e. The van der Waals surface area contributed by atoms with Crippen molar-refractivity contribution in [3.8, 4) is 0 Å². The number of ether oxygens (including phenoxy) is 2. The van der Waals surface area contributed by atoms with Gasteiger partial charge in [0.1, 0.15) is 11.2 Å². The summed E-state index contributed by atoms with van der Waals surface area (Å²) in [5.41, 5.74) is 0.880. The number of carbonyl (C=O) groups is 4. The number of anilines is 2. The van der Waals surface area contributed by atoms with E-state index in [-0.39, 0.29) is 9.81 Å². The van der Waals surface area contributed by atoms with Crippen molar-refractivity contribution in [1.29, 1.82) is 0 Å². The van der Waals surface area contributed by atoms with Crippen molar-refractivity contribution in [2.75, 3.05) is 9.80 Å². The van der Waals surface area contributed by atoms with Crippen molar-refractivity contribution >= 4 is 58.9 Å². The van der Waals surface area contributed by atoms with Gasteiger partial charge in [0.15, 0.2) is 0 Å². The standard InChI is InChI=1S/C28H30N2O6S2/c1-15-9-11-17-19(13-15)37-21(23(31)29(17)25(33)35-27(3,4)5)22-24(32)30(26(34)36-28(6,7)8)18-12-10-16(2)14-20(18)38-22/h9-14H,1-8H3. The van der Waals surface area contributed by atoms with Crippen molar-refractivity contribution in [1.82, 2.24) is 0 Å². The first-order chi connectivity index (χ1) is 17.6. The number of rotatable bonds is 0. The summed E-state index contributed by atoms with van der Waals surface area (Å²) in [5.74, 6) is -1.40. The first-order valence-corrected chi connectivity index (χ1v) is 13.7. The third kappa shape index (κ3) is 5.61. The molecule has 0 radical (unpaired) electrons. The second-order valence-electron chi connectivity index (χ2n) is 11.0. The number of nitrogens with zero attached hydrogens (tertiary/aromatic N) is 2. The van der Waals surface area contributed by atoms with Gasteiger partial charge in [-0.2, -0.15) is 0 Å². The van der Waals surface area contributed by atoms with Crippen LogP contribution in [0.3, 0.4) is 0 Å². The van der Waals surface area contributed by atoms with Crippen molar-refractivity contribution in [2.45, 2.75) is 76.4 Å². The Morgan fingerprint density at radius 1 is 0.658 bits per heavy atom. The minimum absolute atomic E-state index is 0.0321. The second-order valence-corrected chi connectivity index (χ2v) is 13.2. The van der Waals surface area contributed by atoms with E-state index in [4.69, 9.17) is 9.47 Å². The zero-order chi connectivity index (χ0) is 28.2. The van der Waals surface area contributed by atoms with E-state index in [1.165, 1.54) is 0 Å². The Bertz CT molecular complexity index is 1300. The number of fused-ring (bicyclic) bond motifs is 2. The quantitative estimate of drug-likeness (QED) is 0.323. The van der Waals surface area contributed by atoms with Gasteiger partial charge >= 0.3 is 12.2 Å². The van der Waals surface area contributed by atoms with Crippen LogP contribution in [0, 0.1) is 13.8 Å². The molecule has 0 atom stereocenters. The van der Waals surface area contributed by atoms with E-state index in [2.05, 4.69) is 0 Å². The molecule has 0 aromatic heterocycles. The predicted molar refractivity (Wildman–Crippen MR) is 149 cm³/mol. The van der Waals surface area contributed by atoms with Crippen LogP contribution in [0.4, 0.5) is 21.0 Å². The van der Waals surface area contributed by atoms with Crippen LogP contribution in [-0.4, -0.2) is 35.2 Å². The summed E-state index contributed by atoms with van der Waals surface area (Å²) in [6, 6.07) is 10.6. The van der Waals surface area contributed by atoms with E-state index in [9.17, 15) is 19.2 Å². The fraction of sp³-hybridized carbons (Fsp3) is 0.357. The molecule has 38 heavy (non-hydrogen) atoms. The molecule has 0 aliphatic carbocycles. The summed E-state index contributed by atoms with van der Waals surface area (Å²) in [5, 5.41) is 0. The Hall–Kier alpha value is -3.24. The van der Waals surface area contributed by atoms with E-state index >= 15 is 0 Å². The third-order valence-electron chi connectivity index (χ3n) is 5.29. The molecule has 0 unspecified atom stereocenters. The van der Waals surface area contributed by atoms with Gasteiger partial charge in [-0.05, 0) is 90.8 Å². The highest BCUT2D eigenvalue weighted by Gasteiger charge is 2.44. The Morgan fingerprint density at radius 3 is 1.32 bits per heavy atom. The van der Waals surface area contributed by atoms with E-state index < -0.39 is 35.2 Å².